The molecule has 1 N–H and O–H groups in total. The standard InChI is InChI=1S/C19H21N3O3/c1-13-5-6-15(12-14(13)2)18(23)22-10-8-21(9-11-22)17-16(19(24)25)4-3-7-20-17/h3-7,12H,8-11H2,1-2H3,(H,24,25). The van der Waals surface area contributed by atoms with E-state index >= 15 is 0 Å². The Morgan fingerprint density at radius 1 is 1.04 bits per heavy atom. The number of amides is 1. The van der Waals surface area contributed by atoms with Crippen molar-refractivity contribution in [2.75, 3.05) is 31.1 Å². The third kappa shape index (κ3) is 3.47. The van der Waals surface area contributed by atoms with Crippen LogP contribution in [-0.4, -0.2) is 53.0 Å². The molecule has 3 rings (SSSR count). The molecule has 0 unspecified atom stereocenters. The van der Waals surface area contributed by atoms with Crippen LogP contribution in [0, 0.1) is 13.8 Å². The van der Waals surface area contributed by atoms with E-state index in [2.05, 4.69) is 4.98 Å². The first kappa shape index (κ1) is 17.0. The molecular weight excluding hydrogens is 318 g/mol. The Bertz CT molecular complexity index is 811. The largest absolute Gasteiger partial charge is 0.478 e. The zero-order chi connectivity index (χ0) is 18.0. The predicted octanol–water partition coefficient (Wildman–Crippen LogP) is 2.36. The first-order valence-electron chi connectivity index (χ1n) is 8.27. The highest BCUT2D eigenvalue weighted by atomic mass is 16.4. The van der Waals surface area contributed by atoms with Crippen molar-refractivity contribution in [3.05, 3.63) is 58.8 Å². The number of rotatable bonds is 3. The smallest absolute Gasteiger partial charge is 0.339 e. The number of nitrogens with zero attached hydrogens (tertiary/aromatic N) is 3. The monoisotopic (exact) mass is 339 g/mol. The molecule has 1 saturated heterocycles. The summed E-state index contributed by atoms with van der Waals surface area (Å²) in [7, 11) is 0. The number of carboxylic acid groups (broad SMARTS) is 1. The lowest BCUT2D eigenvalue weighted by atomic mass is 10.1. The molecule has 6 nitrogen and oxygen atoms in total. The Kier molecular flexibility index (Phi) is 4.70. The first-order valence-corrected chi connectivity index (χ1v) is 8.27. The number of carbonyl (C=O) groups is 2. The number of piperazine rings is 1. The summed E-state index contributed by atoms with van der Waals surface area (Å²) in [6, 6.07) is 8.92. The molecular formula is C19H21N3O3. The number of aromatic nitrogens is 1. The third-order valence-corrected chi connectivity index (χ3v) is 4.64. The fourth-order valence-electron chi connectivity index (χ4n) is 2.99. The van der Waals surface area contributed by atoms with E-state index in [0.29, 0.717) is 37.6 Å². The van der Waals surface area contributed by atoms with Crippen LogP contribution >= 0.6 is 0 Å². The van der Waals surface area contributed by atoms with E-state index in [9.17, 15) is 14.7 Å². The van der Waals surface area contributed by atoms with Crippen molar-refractivity contribution < 1.29 is 14.7 Å². The van der Waals surface area contributed by atoms with Crippen molar-refractivity contribution >= 4 is 17.7 Å². The van der Waals surface area contributed by atoms with Crippen molar-refractivity contribution in [1.29, 1.82) is 0 Å². The van der Waals surface area contributed by atoms with Gasteiger partial charge in [0.05, 0.1) is 0 Å². The molecule has 0 radical (unpaired) electrons. The van der Waals surface area contributed by atoms with Gasteiger partial charge in [-0.15, -0.1) is 0 Å². The Balaban J connectivity index is 1.71. The first-order chi connectivity index (χ1) is 12.0. The highest BCUT2D eigenvalue weighted by Gasteiger charge is 2.25. The number of carboxylic acids is 1. The summed E-state index contributed by atoms with van der Waals surface area (Å²) in [5.74, 6) is -0.507. The van der Waals surface area contributed by atoms with Gasteiger partial charge in [0.2, 0.25) is 0 Å². The van der Waals surface area contributed by atoms with Crippen molar-refractivity contribution in [3.8, 4) is 0 Å². The maximum atomic E-state index is 12.7. The molecule has 1 fully saturated rings. The fraction of sp³-hybridized carbons (Fsp3) is 0.316. The second kappa shape index (κ2) is 6.93. The van der Waals surface area contributed by atoms with Gasteiger partial charge in [-0.25, -0.2) is 9.78 Å². The summed E-state index contributed by atoms with van der Waals surface area (Å²) in [5.41, 5.74) is 3.15. The van der Waals surface area contributed by atoms with Crippen molar-refractivity contribution in [1.82, 2.24) is 9.88 Å². The van der Waals surface area contributed by atoms with Crippen LogP contribution in [0.15, 0.2) is 36.5 Å². The number of aromatic carboxylic acids is 1. The number of pyridine rings is 1. The topological polar surface area (TPSA) is 73.7 Å². The lowest BCUT2D eigenvalue weighted by molar-refractivity contribution is 0.0692. The molecule has 1 aromatic heterocycles. The summed E-state index contributed by atoms with van der Waals surface area (Å²) >= 11 is 0. The van der Waals surface area contributed by atoms with E-state index in [1.54, 1.807) is 18.3 Å². The van der Waals surface area contributed by atoms with Crippen LogP contribution in [0.2, 0.25) is 0 Å². The van der Waals surface area contributed by atoms with E-state index in [0.717, 1.165) is 11.1 Å². The Morgan fingerprint density at radius 3 is 2.40 bits per heavy atom. The van der Waals surface area contributed by atoms with Crippen LogP contribution in [0.1, 0.15) is 31.8 Å². The fourth-order valence-corrected chi connectivity index (χ4v) is 2.99. The van der Waals surface area contributed by atoms with Gasteiger partial charge in [-0.2, -0.15) is 0 Å². The lowest BCUT2D eigenvalue weighted by Gasteiger charge is -2.36. The molecule has 1 aromatic carbocycles. The molecule has 25 heavy (non-hydrogen) atoms. The SMILES string of the molecule is Cc1ccc(C(=O)N2CCN(c3ncccc3C(=O)O)CC2)cc1C. The predicted molar refractivity (Wildman–Crippen MR) is 95.2 cm³/mol. The second-order valence-electron chi connectivity index (χ2n) is 6.26. The molecule has 0 atom stereocenters. The van der Waals surface area contributed by atoms with Crippen molar-refractivity contribution in [3.63, 3.8) is 0 Å². The van der Waals surface area contributed by atoms with Crippen LogP contribution in [-0.2, 0) is 0 Å². The van der Waals surface area contributed by atoms with Crippen molar-refractivity contribution in [2.45, 2.75) is 13.8 Å². The van der Waals surface area contributed by atoms with Gasteiger partial charge in [0.1, 0.15) is 11.4 Å². The van der Waals surface area contributed by atoms with E-state index in [4.69, 9.17) is 0 Å². The minimum absolute atomic E-state index is 0.0160. The van der Waals surface area contributed by atoms with Crippen LogP contribution in [0.4, 0.5) is 5.82 Å². The van der Waals surface area contributed by atoms with Crippen LogP contribution in [0.25, 0.3) is 0 Å². The quantitative estimate of drug-likeness (QED) is 0.929. The average molecular weight is 339 g/mol. The van der Waals surface area contributed by atoms with Crippen LogP contribution in [0.3, 0.4) is 0 Å². The summed E-state index contributed by atoms with van der Waals surface area (Å²) in [5, 5.41) is 9.30. The average Bonchev–Trinajstić information content (AvgIpc) is 2.63. The highest BCUT2D eigenvalue weighted by Crippen LogP contribution is 2.20. The van der Waals surface area contributed by atoms with Gasteiger partial charge in [-0.1, -0.05) is 6.07 Å². The van der Waals surface area contributed by atoms with E-state index in [1.165, 1.54) is 0 Å². The number of hydrogen-bond acceptors (Lipinski definition) is 4. The highest BCUT2D eigenvalue weighted by molar-refractivity contribution is 5.95. The molecule has 1 aliphatic rings. The van der Waals surface area contributed by atoms with E-state index in [-0.39, 0.29) is 11.5 Å². The number of carbonyl (C=O) groups excluding carboxylic acids is 1. The zero-order valence-electron chi connectivity index (χ0n) is 14.4. The van der Waals surface area contributed by atoms with Gasteiger partial charge in [0, 0.05) is 37.9 Å². The Morgan fingerprint density at radius 2 is 1.76 bits per heavy atom. The maximum absolute atomic E-state index is 12.7. The van der Waals surface area contributed by atoms with Gasteiger partial charge in [-0.05, 0) is 49.2 Å². The van der Waals surface area contributed by atoms with Gasteiger partial charge >= 0.3 is 5.97 Å². The van der Waals surface area contributed by atoms with Gasteiger partial charge < -0.3 is 14.9 Å². The van der Waals surface area contributed by atoms with E-state index < -0.39 is 5.97 Å². The Labute approximate surface area is 146 Å². The summed E-state index contributed by atoms with van der Waals surface area (Å²) in [4.78, 5) is 32.0. The van der Waals surface area contributed by atoms with Crippen LogP contribution < -0.4 is 4.90 Å². The molecule has 1 aliphatic heterocycles. The summed E-state index contributed by atoms with van der Waals surface area (Å²) in [6.07, 6.45) is 1.59. The van der Waals surface area contributed by atoms with Crippen LogP contribution in [0.5, 0.6) is 0 Å². The summed E-state index contributed by atoms with van der Waals surface area (Å²) < 4.78 is 0. The number of benzene rings is 1. The molecule has 0 bridgehead atoms. The molecule has 0 spiro atoms. The molecule has 0 saturated carbocycles. The molecule has 6 heteroatoms. The second-order valence-corrected chi connectivity index (χ2v) is 6.26. The van der Waals surface area contributed by atoms with Gasteiger partial charge in [0.25, 0.3) is 5.91 Å². The minimum Gasteiger partial charge on any atom is -0.478 e. The number of hydrogen-bond donors (Lipinski definition) is 1. The maximum Gasteiger partial charge on any atom is 0.339 e. The molecule has 2 heterocycles. The summed E-state index contributed by atoms with van der Waals surface area (Å²) in [6.45, 7) is 6.23. The van der Waals surface area contributed by atoms with Gasteiger partial charge in [-0.3, -0.25) is 4.79 Å². The van der Waals surface area contributed by atoms with E-state index in [1.807, 2.05) is 41.8 Å². The minimum atomic E-state index is -0.989. The van der Waals surface area contributed by atoms with Crippen molar-refractivity contribution in [2.24, 2.45) is 0 Å². The number of aryl methyl sites for hydroxylation is 2. The molecule has 1 amide bonds. The molecule has 2 aromatic rings. The lowest BCUT2D eigenvalue weighted by Crippen LogP contribution is -2.49. The molecule has 0 aliphatic carbocycles. The normalized spacial score (nSPS) is 14.5. The number of anilines is 1. The Hall–Kier alpha value is -2.89. The zero-order valence-corrected chi connectivity index (χ0v) is 14.4. The molecule has 130 valence electrons. The van der Waals surface area contributed by atoms with Gasteiger partial charge in [0.15, 0.2) is 0 Å². The third-order valence-electron chi connectivity index (χ3n) is 4.64.